The third-order valence-corrected chi connectivity index (χ3v) is 4.10. The zero-order valence-corrected chi connectivity index (χ0v) is 14.8. The summed E-state index contributed by atoms with van der Waals surface area (Å²) in [5, 5.41) is 0.485. The summed E-state index contributed by atoms with van der Waals surface area (Å²) >= 11 is 6.27. The molecule has 0 saturated carbocycles. The molecule has 1 fully saturated rings. The molecular weight excluding hydrogens is 314 g/mol. The van der Waals surface area contributed by atoms with Crippen LogP contribution in [-0.4, -0.2) is 44.0 Å². The highest BCUT2D eigenvalue weighted by atomic mass is 35.5. The predicted molar refractivity (Wildman–Crippen MR) is 93.5 cm³/mol. The Labute approximate surface area is 143 Å². The Bertz CT molecular complexity index is 598. The van der Waals surface area contributed by atoms with E-state index in [1.807, 2.05) is 25.1 Å². The number of ether oxygens (including phenoxy) is 2. The number of halogens is 1. The number of ketones is 1. The lowest BCUT2D eigenvalue weighted by molar-refractivity contribution is -0.117. The van der Waals surface area contributed by atoms with Crippen LogP contribution in [0.3, 0.4) is 0 Å². The van der Waals surface area contributed by atoms with Crippen LogP contribution in [0.25, 0.3) is 6.08 Å². The van der Waals surface area contributed by atoms with Crippen molar-refractivity contribution in [2.45, 2.75) is 26.7 Å². The van der Waals surface area contributed by atoms with Crippen molar-refractivity contribution < 1.29 is 14.3 Å². The van der Waals surface area contributed by atoms with Gasteiger partial charge in [-0.05, 0) is 43.7 Å². The SMILES string of the molecule is CCCN1CCC(=O)/C(=C/c2cc(Cl)c(OC)c(OCC)c2)C1. The molecule has 1 saturated heterocycles. The van der Waals surface area contributed by atoms with Crippen LogP contribution >= 0.6 is 11.6 Å². The summed E-state index contributed by atoms with van der Waals surface area (Å²) in [5.41, 5.74) is 1.69. The molecule has 2 rings (SSSR count). The monoisotopic (exact) mass is 337 g/mol. The fourth-order valence-corrected chi connectivity index (χ4v) is 3.09. The number of nitrogens with zero attached hydrogens (tertiary/aromatic N) is 1. The molecule has 0 aromatic heterocycles. The van der Waals surface area contributed by atoms with Gasteiger partial charge in [0.1, 0.15) is 0 Å². The van der Waals surface area contributed by atoms with E-state index >= 15 is 0 Å². The first kappa shape index (κ1) is 17.8. The minimum atomic E-state index is 0.210. The van der Waals surface area contributed by atoms with Crippen LogP contribution in [0, 0.1) is 0 Å². The molecule has 0 bridgehead atoms. The lowest BCUT2D eigenvalue weighted by atomic mass is 10.00. The summed E-state index contributed by atoms with van der Waals surface area (Å²) in [6.07, 6.45) is 3.58. The minimum Gasteiger partial charge on any atom is -0.491 e. The molecule has 1 heterocycles. The van der Waals surface area contributed by atoms with Gasteiger partial charge in [-0.3, -0.25) is 9.69 Å². The molecule has 1 aromatic carbocycles. The largest absolute Gasteiger partial charge is 0.491 e. The molecule has 1 aromatic rings. The maximum atomic E-state index is 12.2. The van der Waals surface area contributed by atoms with Gasteiger partial charge in [0.25, 0.3) is 0 Å². The zero-order chi connectivity index (χ0) is 16.8. The normalized spacial score (nSPS) is 17.6. The Hall–Kier alpha value is -1.52. The second kappa shape index (κ2) is 8.37. The number of likely N-dealkylation sites (tertiary alicyclic amines) is 1. The summed E-state index contributed by atoms with van der Waals surface area (Å²) in [7, 11) is 1.56. The molecule has 0 atom stereocenters. The standard InChI is InChI=1S/C18H24ClNO3/c1-4-7-20-8-6-16(21)14(12-20)9-13-10-15(19)18(22-3)17(11-13)23-5-2/h9-11H,4-8,12H2,1-3H3/b14-9+. The number of benzene rings is 1. The maximum absolute atomic E-state index is 12.2. The van der Waals surface area contributed by atoms with Crippen molar-refractivity contribution in [3.63, 3.8) is 0 Å². The van der Waals surface area contributed by atoms with Crippen molar-refractivity contribution in [1.29, 1.82) is 0 Å². The second-order valence-corrected chi connectivity index (χ2v) is 5.99. The van der Waals surface area contributed by atoms with Crippen LogP contribution in [0.15, 0.2) is 17.7 Å². The predicted octanol–water partition coefficient (Wildman–Crippen LogP) is 3.82. The van der Waals surface area contributed by atoms with Crippen molar-refractivity contribution in [2.75, 3.05) is 33.4 Å². The number of Topliss-reactive ketones (excluding diaryl/α,β-unsaturated/α-hetero) is 1. The fourth-order valence-electron chi connectivity index (χ4n) is 2.80. The molecule has 1 aliphatic heterocycles. The number of piperidine rings is 1. The number of hydrogen-bond donors (Lipinski definition) is 0. The van der Waals surface area contributed by atoms with Crippen LogP contribution in [0.2, 0.25) is 5.02 Å². The van der Waals surface area contributed by atoms with E-state index in [2.05, 4.69) is 11.8 Å². The summed E-state index contributed by atoms with van der Waals surface area (Å²) in [6.45, 7) is 7.13. The van der Waals surface area contributed by atoms with Crippen molar-refractivity contribution in [2.24, 2.45) is 0 Å². The summed E-state index contributed by atoms with van der Waals surface area (Å²) in [6, 6.07) is 3.68. The number of rotatable bonds is 6. The molecule has 1 aliphatic rings. The van der Waals surface area contributed by atoms with Crippen LogP contribution in [0.5, 0.6) is 11.5 Å². The quantitative estimate of drug-likeness (QED) is 0.740. The maximum Gasteiger partial charge on any atom is 0.179 e. The average Bonchev–Trinajstić information content (AvgIpc) is 2.51. The second-order valence-electron chi connectivity index (χ2n) is 5.59. The number of hydrogen-bond acceptors (Lipinski definition) is 4. The van der Waals surface area contributed by atoms with Gasteiger partial charge in [-0.25, -0.2) is 0 Å². The van der Waals surface area contributed by atoms with Gasteiger partial charge in [0.15, 0.2) is 17.3 Å². The Balaban J connectivity index is 2.31. The van der Waals surface area contributed by atoms with Crippen molar-refractivity contribution in [3.05, 3.63) is 28.3 Å². The van der Waals surface area contributed by atoms with Crippen molar-refractivity contribution in [1.82, 2.24) is 4.90 Å². The molecular formula is C18H24ClNO3. The molecule has 0 N–H and O–H groups in total. The Morgan fingerprint density at radius 3 is 2.78 bits per heavy atom. The lowest BCUT2D eigenvalue weighted by Gasteiger charge is -2.27. The average molecular weight is 338 g/mol. The van der Waals surface area contributed by atoms with E-state index in [0.717, 1.165) is 30.6 Å². The van der Waals surface area contributed by atoms with Crippen molar-refractivity contribution >= 4 is 23.5 Å². The Morgan fingerprint density at radius 2 is 2.13 bits per heavy atom. The molecule has 4 nitrogen and oxygen atoms in total. The third kappa shape index (κ3) is 4.49. The van der Waals surface area contributed by atoms with Crippen LogP contribution in [-0.2, 0) is 4.79 Å². The van der Waals surface area contributed by atoms with E-state index in [0.29, 0.717) is 36.1 Å². The molecule has 0 unspecified atom stereocenters. The van der Waals surface area contributed by atoms with Gasteiger partial charge in [-0.15, -0.1) is 0 Å². The fraction of sp³-hybridized carbons (Fsp3) is 0.500. The van der Waals surface area contributed by atoms with E-state index < -0.39 is 0 Å². The summed E-state index contributed by atoms with van der Waals surface area (Å²) in [5.74, 6) is 1.34. The highest BCUT2D eigenvalue weighted by molar-refractivity contribution is 6.32. The van der Waals surface area contributed by atoms with Gasteiger partial charge in [0.2, 0.25) is 0 Å². The smallest absolute Gasteiger partial charge is 0.179 e. The van der Waals surface area contributed by atoms with Gasteiger partial charge in [-0.2, -0.15) is 0 Å². The van der Waals surface area contributed by atoms with Gasteiger partial charge in [0, 0.05) is 25.1 Å². The highest BCUT2D eigenvalue weighted by Crippen LogP contribution is 2.37. The number of carbonyl (C=O) groups excluding carboxylic acids is 1. The first-order valence-electron chi connectivity index (χ1n) is 8.05. The third-order valence-electron chi connectivity index (χ3n) is 3.82. The van der Waals surface area contributed by atoms with Crippen LogP contribution < -0.4 is 9.47 Å². The summed E-state index contributed by atoms with van der Waals surface area (Å²) in [4.78, 5) is 14.5. The molecule has 5 heteroatoms. The van der Waals surface area contributed by atoms with Crippen molar-refractivity contribution in [3.8, 4) is 11.5 Å². The summed E-state index contributed by atoms with van der Waals surface area (Å²) < 4.78 is 10.9. The van der Waals surface area contributed by atoms with E-state index in [9.17, 15) is 4.79 Å². The van der Waals surface area contributed by atoms with E-state index in [4.69, 9.17) is 21.1 Å². The molecule has 0 aliphatic carbocycles. The highest BCUT2D eigenvalue weighted by Gasteiger charge is 2.21. The van der Waals surface area contributed by atoms with Gasteiger partial charge in [0.05, 0.1) is 18.7 Å². The zero-order valence-electron chi connectivity index (χ0n) is 14.0. The van der Waals surface area contributed by atoms with Gasteiger partial charge in [-0.1, -0.05) is 18.5 Å². The molecule has 23 heavy (non-hydrogen) atoms. The molecule has 0 radical (unpaired) electrons. The van der Waals surface area contributed by atoms with E-state index in [1.54, 1.807) is 7.11 Å². The van der Waals surface area contributed by atoms with E-state index in [-0.39, 0.29) is 5.78 Å². The molecule has 0 amide bonds. The van der Waals surface area contributed by atoms with Crippen LogP contribution in [0.4, 0.5) is 0 Å². The Kier molecular flexibility index (Phi) is 6.48. The molecule has 0 spiro atoms. The van der Waals surface area contributed by atoms with E-state index in [1.165, 1.54) is 0 Å². The van der Waals surface area contributed by atoms with Gasteiger partial charge < -0.3 is 9.47 Å². The number of carbonyl (C=O) groups is 1. The minimum absolute atomic E-state index is 0.210. The first-order valence-corrected chi connectivity index (χ1v) is 8.43. The van der Waals surface area contributed by atoms with Crippen LogP contribution in [0.1, 0.15) is 32.3 Å². The lowest BCUT2D eigenvalue weighted by Crippen LogP contribution is -2.36. The van der Waals surface area contributed by atoms with Gasteiger partial charge >= 0.3 is 0 Å². The Morgan fingerprint density at radius 1 is 1.35 bits per heavy atom. The number of methoxy groups -OCH3 is 1. The first-order chi connectivity index (χ1) is 11.1. The molecule has 126 valence electrons. The topological polar surface area (TPSA) is 38.8 Å².